The van der Waals surface area contributed by atoms with E-state index >= 15 is 0 Å². The van der Waals surface area contributed by atoms with Crippen molar-refractivity contribution in [3.63, 3.8) is 0 Å². The quantitative estimate of drug-likeness (QED) is 0.160. The third-order valence-electron chi connectivity index (χ3n) is 10.8. The average Bonchev–Trinajstić information content (AvgIpc) is 3.27. The molecule has 0 spiro atoms. The molecule has 10 aromatic rings. The number of fused-ring (bicyclic) bond motifs is 3. The normalized spacial score (nSPS) is 11.3. The number of anilines is 3. The number of hydrogen-bond donors (Lipinski definition) is 0. The Bertz CT molecular complexity index is 2950. The van der Waals surface area contributed by atoms with Crippen molar-refractivity contribution in [3.05, 3.63) is 224 Å². The molecule has 0 aliphatic heterocycles. The van der Waals surface area contributed by atoms with E-state index in [1.165, 1.54) is 76.8 Å². The molecule has 1 nitrogen and oxygen atoms in total. The van der Waals surface area contributed by atoms with Gasteiger partial charge in [-0.05, 0) is 114 Å². The van der Waals surface area contributed by atoms with Crippen molar-refractivity contribution in [1.82, 2.24) is 0 Å². The number of hydrogen-bond acceptors (Lipinski definition) is 1. The van der Waals surface area contributed by atoms with Crippen LogP contribution in [0.2, 0.25) is 0 Å². The topological polar surface area (TPSA) is 3.24 Å². The highest BCUT2D eigenvalue weighted by Crippen LogP contribution is 2.47. The zero-order chi connectivity index (χ0) is 36.6. The second-order valence-corrected chi connectivity index (χ2v) is 14.1. The highest BCUT2D eigenvalue weighted by atomic mass is 15.1. The highest BCUT2D eigenvalue weighted by Gasteiger charge is 2.21. The Balaban J connectivity index is 1.19. The van der Waals surface area contributed by atoms with Crippen LogP contribution in [0.4, 0.5) is 17.1 Å². The first-order valence-corrected chi connectivity index (χ1v) is 18.9. The minimum Gasteiger partial charge on any atom is -0.310 e. The number of benzene rings is 10. The Morgan fingerprint density at radius 2 is 0.727 bits per heavy atom. The summed E-state index contributed by atoms with van der Waals surface area (Å²) in [6.07, 6.45) is 0. The van der Waals surface area contributed by atoms with Gasteiger partial charge in [-0.15, -0.1) is 0 Å². The van der Waals surface area contributed by atoms with E-state index in [0.29, 0.717) is 0 Å². The average molecular weight is 700 g/mol. The lowest BCUT2D eigenvalue weighted by Gasteiger charge is -2.30. The lowest BCUT2D eigenvalue weighted by molar-refractivity contribution is 1.28. The molecule has 1 heteroatoms. The molecule has 0 atom stereocenters. The smallest absolute Gasteiger partial charge is 0.0546 e. The van der Waals surface area contributed by atoms with E-state index in [2.05, 4.69) is 229 Å². The zero-order valence-electron chi connectivity index (χ0n) is 30.3. The van der Waals surface area contributed by atoms with Crippen molar-refractivity contribution in [1.29, 1.82) is 0 Å². The van der Waals surface area contributed by atoms with Crippen molar-refractivity contribution < 1.29 is 0 Å². The van der Waals surface area contributed by atoms with E-state index in [9.17, 15) is 0 Å². The fourth-order valence-electron chi connectivity index (χ4n) is 8.10. The van der Waals surface area contributed by atoms with Crippen molar-refractivity contribution >= 4 is 49.4 Å². The Morgan fingerprint density at radius 3 is 1.42 bits per heavy atom. The van der Waals surface area contributed by atoms with Crippen LogP contribution in [0, 0.1) is 0 Å². The van der Waals surface area contributed by atoms with Gasteiger partial charge in [0, 0.05) is 16.9 Å². The van der Waals surface area contributed by atoms with Crippen LogP contribution >= 0.6 is 0 Å². The summed E-state index contributed by atoms with van der Waals surface area (Å²) >= 11 is 0. The molecule has 10 aromatic carbocycles. The van der Waals surface area contributed by atoms with Crippen LogP contribution < -0.4 is 4.90 Å². The molecule has 0 N–H and O–H groups in total. The summed E-state index contributed by atoms with van der Waals surface area (Å²) in [5.74, 6) is 0. The Morgan fingerprint density at radius 1 is 0.255 bits per heavy atom. The summed E-state index contributed by atoms with van der Waals surface area (Å²) in [5, 5.41) is 7.42. The maximum Gasteiger partial charge on any atom is 0.0546 e. The molecular weight excluding hydrogens is 663 g/mol. The minimum absolute atomic E-state index is 1.09. The van der Waals surface area contributed by atoms with Gasteiger partial charge in [-0.3, -0.25) is 0 Å². The first-order chi connectivity index (χ1) is 27.3. The summed E-state index contributed by atoms with van der Waals surface area (Å²) in [4.78, 5) is 2.43. The van der Waals surface area contributed by atoms with Gasteiger partial charge in [0.25, 0.3) is 0 Å². The van der Waals surface area contributed by atoms with Crippen LogP contribution in [-0.4, -0.2) is 0 Å². The third kappa shape index (κ3) is 6.12. The summed E-state index contributed by atoms with van der Waals surface area (Å²) in [5.41, 5.74) is 12.9. The largest absolute Gasteiger partial charge is 0.310 e. The van der Waals surface area contributed by atoms with Gasteiger partial charge in [0.2, 0.25) is 0 Å². The van der Waals surface area contributed by atoms with E-state index in [0.717, 1.165) is 17.1 Å². The molecule has 0 aliphatic carbocycles. The van der Waals surface area contributed by atoms with Gasteiger partial charge in [0.05, 0.1) is 5.69 Å². The summed E-state index contributed by atoms with van der Waals surface area (Å²) in [7, 11) is 0. The fraction of sp³-hybridized carbons (Fsp3) is 0. The van der Waals surface area contributed by atoms with Gasteiger partial charge in [-0.1, -0.05) is 182 Å². The van der Waals surface area contributed by atoms with Crippen LogP contribution in [0.5, 0.6) is 0 Å². The van der Waals surface area contributed by atoms with Gasteiger partial charge in [-0.25, -0.2) is 0 Å². The molecule has 0 unspecified atom stereocenters. The van der Waals surface area contributed by atoms with Crippen molar-refractivity contribution in [2.45, 2.75) is 0 Å². The maximum absolute atomic E-state index is 2.43. The van der Waals surface area contributed by atoms with Gasteiger partial charge < -0.3 is 4.90 Å². The van der Waals surface area contributed by atoms with Crippen molar-refractivity contribution in [3.8, 4) is 44.5 Å². The van der Waals surface area contributed by atoms with Crippen LogP contribution in [-0.2, 0) is 0 Å². The molecule has 0 amide bonds. The maximum atomic E-state index is 2.43. The van der Waals surface area contributed by atoms with Crippen LogP contribution in [0.1, 0.15) is 0 Å². The van der Waals surface area contributed by atoms with Crippen LogP contribution in [0.25, 0.3) is 76.8 Å². The van der Waals surface area contributed by atoms with Gasteiger partial charge in [0.15, 0.2) is 0 Å². The first-order valence-electron chi connectivity index (χ1n) is 18.9. The SMILES string of the molecule is c1ccc(-c2ccc(N(c3ccc(-c4cccc5ccccc45)cc3)c3cccc(-c4ccc5ccccc5c4)c3-c3ccc4ccccc4c3)cc2)cc1. The second kappa shape index (κ2) is 14.0. The molecule has 0 heterocycles. The van der Waals surface area contributed by atoms with E-state index < -0.39 is 0 Å². The highest BCUT2D eigenvalue weighted by molar-refractivity contribution is 6.02. The predicted octanol–water partition coefficient (Wildman–Crippen LogP) is 15.3. The van der Waals surface area contributed by atoms with Crippen molar-refractivity contribution in [2.24, 2.45) is 0 Å². The van der Waals surface area contributed by atoms with Crippen molar-refractivity contribution in [2.75, 3.05) is 4.90 Å². The van der Waals surface area contributed by atoms with Gasteiger partial charge >= 0.3 is 0 Å². The molecule has 258 valence electrons. The molecular formula is C54H37N. The van der Waals surface area contributed by atoms with E-state index in [1.807, 2.05) is 0 Å². The minimum atomic E-state index is 1.09. The van der Waals surface area contributed by atoms with E-state index in [1.54, 1.807) is 0 Å². The monoisotopic (exact) mass is 699 g/mol. The third-order valence-corrected chi connectivity index (χ3v) is 10.8. The van der Waals surface area contributed by atoms with E-state index in [-0.39, 0.29) is 0 Å². The molecule has 10 rings (SSSR count). The summed E-state index contributed by atoms with van der Waals surface area (Å²) in [6.45, 7) is 0. The Labute approximate surface area is 322 Å². The summed E-state index contributed by atoms with van der Waals surface area (Å²) < 4.78 is 0. The van der Waals surface area contributed by atoms with Crippen LogP contribution in [0.3, 0.4) is 0 Å². The standard InChI is InChI=1S/C54H37N/c1-2-12-38(13-3-1)41-28-32-48(33-29-41)55(49-34-30-43(31-35-49)51-21-10-19-42-16-8-9-20-50(42)51)53-23-11-22-52(46-26-24-39-14-4-6-17-44(39)36-46)54(53)47-27-25-40-15-5-7-18-45(40)37-47/h1-37H. The van der Waals surface area contributed by atoms with Crippen LogP contribution in [0.15, 0.2) is 224 Å². The first kappa shape index (κ1) is 32.4. The number of nitrogens with zero attached hydrogens (tertiary/aromatic N) is 1. The van der Waals surface area contributed by atoms with Gasteiger partial charge in [0.1, 0.15) is 0 Å². The lowest BCUT2D eigenvalue weighted by atomic mass is 9.90. The molecule has 0 saturated heterocycles. The van der Waals surface area contributed by atoms with Gasteiger partial charge in [-0.2, -0.15) is 0 Å². The zero-order valence-corrected chi connectivity index (χ0v) is 30.3. The molecule has 0 aliphatic rings. The predicted molar refractivity (Wildman–Crippen MR) is 235 cm³/mol. The van der Waals surface area contributed by atoms with E-state index in [4.69, 9.17) is 0 Å². The molecule has 0 aromatic heterocycles. The number of rotatable bonds is 7. The summed E-state index contributed by atoms with van der Waals surface area (Å²) in [6, 6.07) is 81.6. The second-order valence-electron chi connectivity index (χ2n) is 14.1. The Kier molecular flexibility index (Phi) is 8.24. The molecule has 0 saturated carbocycles. The molecule has 0 radical (unpaired) electrons. The lowest BCUT2D eigenvalue weighted by Crippen LogP contribution is -2.11. The molecule has 0 bridgehead atoms. The molecule has 0 fully saturated rings. The Hall–Kier alpha value is -7.22. The molecule has 55 heavy (non-hydrogen) atoms. The fourth-order valence-corrected chi connectivity index (χ4v) is 8.10.